The summed E-state index contributed by atoms with van der Waals surface area (Å²) in [7, 11) is 0. The Hall–Kier alpha value is -2.66. The van der Waals surface area contributed by atoms with Gasteiger partial charge in [0.2, 0.25) is 0 Å². The largest absolute Gasteiger partial charge is 0.459 e. The van der Waals surface area contributed by atoms with Crippen LogP contribution in [0.3, 0.4) is 0 Å². The van der Waals surface area contributed by atoms with Crippen molar-refractivity contribution in [2.24, 2.45) is 0 Å². The number of anilines is 2. The van der Waals surface area contributed by atoms with Gasteiger partial charge in [-0.2, -0.15) is 0 Å². The number of carbonyl (C=O) groups excluding carboxylic acids is 1. The fraction of sp³-hybridized carbons (Fsp3) is 0.261. The molecule has 144 valence electrons. The van der Waals surface area contributed by atoms with Gasteiger partial charge < -0.3 is 14.6 Å². The summed E-state index contributed by atoms with van der Waals surface area (Å²) in [5, 5.41) is 3.01. The maximum Gasteiger partial charge on any atom is 0.291 e. The van der Waals surface area contributed by atoms with E-state index in [-0.39, 0.29) is 5.91 Å². The van der Waals surface area contributed by atoms with E-state index in [9.17, 15) is 4.79 Å². The Kier molecular flexibility index (Phi) is 5.72. The second-order valence-corrected chi connectivity index (χ2v) is 8.07. The van der Waals surface area contributed by atoms with Crippen molar-refractivity contribution in [2.45, 2.75) is 30.4 Å². The molecule has 0 bridgehead atoms. The van der Waals surface area contributed by atoms with Crippen molar-refractivity contribution in [1.82, 2.24) is 0 Å². The highest BCUT2D eigenvalue weighted by molar-refractivity contribution is 7.98. The smallest absolute Gasteiger partial charge is 0.291 e. The van der Waals surface area contributed by atoms with Crippen LogP contribution in [0.2, 0.25) is 0 Å². The summed E-state index contributed by atoms with van der Waals surface area (Å²) >= 11 is 1.69. The Morgan fingerprint density at radius 2 is 1.89 bits per heavy atom. The molecule has 4 nitrogen and oxygen atoms in total. The molecule has 0 spiro atoms. The van der Waals surface area contributed by atoms with E-state index in [1.54, 1.807) is 18.0 Å². The third-order valence-corrected chi connectivity index (χ3v) is 6.08. The summed E-state index contributed by atoms with van der Waals surface area (Å²) in [6.45, 7) is 4.25. The Morgan fingerprint density at radius 3 is 2.64 bits per heavy atom. The molecule has 1 saturated heterocycles. The third kappa shape index (κ3) is 4.25. The molecular weight excluding hydrogens is 368 g/mol. The van der Waals surface area contributed by atoms with Gasteiger partial charge in [0, 0.05) is 40.7 Å². The van der Waals surface area contributed by atoms with Crippen LogP contribution < -0.4 is 10.2 Å². The van der Waals surface area contributed by atoms with Crippen LogP contribution in [-0.4, -0.2) is 19.0 Å². The molecule has 0 unspecified atom stereocenters. The van der Waals surface area contributed by atoms with E-state index < -0.39 is 0 Å². The van der Waals surface area contributed by atoms with Crippen molar-refractivity contribution in [3.8, 4) is 0 Å². The zero-order valence-electron chi connectivity index (χ0n) is 16.0. The minimum absolute atomic E-state index is 0.203. The Balaban J connectivity index is 1.43. The molecule has 2 heterocycles. The van der Waals surface area contributed by atoms with Gasteiger partial charge in [0.05, 0.1) is 6.26 Å². The number of rotatable bonds is 6. The summed E-state index contributed by atoms with van der Waals surface area (Å²) in [6.07, 6.45) is 4.08. The Labute approximate surface area is 169 Å². The number of carbonyl (C=O) groups is 1. The zero-order valence-corrected chi connectivity index (χ0v) is 16.8. The zero-order chi connectivity index (χ0) is 19.3. The molecule has 0 radical (unpaired) electrons. The molecule has 0 saturated carbocycles. The van der Waals surface area contributed by atoms with Gasteiger partial charge in [-0.3, -0.25) is 4.79 Å². The number of thioether (sulfide) groups is 1. The molecule has 1 aliphatic rings. The van der Waals surface area contributed by atoms with Gasteiger partial charge in [-0.15, -0.1) is 11.8 Å². The predicted molar refractivity (Wildman–Crippen MR) is 115 cm³/mol. The summed E-state index contributed by atoms with van der Waals surface area (Å²) < 4.78 is 5.50. The molecule has 3 aromatic rings. The Bertz CT molecular complexity index is 946. The van der Waals surface area contributed by atoms with Crippen LogP contribution in [0.15, 0.2) is 70.2 Å². The van der Waals surface area contributed by atoms with E-state index in [1.807, 2.05) is 37.3 Å². The molecule has 28 heavy (non-hydrogen) atoms. The minimum Gasteiger partial charge on any atom is -0.459 e. The van der Waals surface area contributed by atoms with Crippen LogP contribution in [0, 0.1) is 6.92 Å². The molecule has 1 aliphatic heterocycles. The van der Waals surface area contributed by atoms with E-state index in [0.29, 0.717) is 11.5 Å². The second-order valence-electron chi connectivity index (χ2n) is 7.02. The van der Waals surface area contributed by atoms with Crippen molar-refractivity contribution < 1.29 is 9.21 Å². The molecule has 0 atom stereocenters. The highest BCUT2D eigenvalue weighted by Crippen LogP contribution is 2.28. The average molecular weight is 393 g/mol. The normalized spacial score (nSPS) is 13.7. The summed E-state index contributed by atoms with van der Waals surface area (Å²) in [6, 6.07) is 18.2. The first-order chi connectivity index (χ1) is 13.7. The van der Waals surface area contributed by atoms with E-state index >= 15 is 0 Å². The van der Waals surface area contributed by atoms with Crippen LogP contribution in [0.4, 0.5) is 11.4 Å². The van der Waals surface area contributed by atoms with Gasteiger partial charge in [0.25, 0.3) is 5.91 Å². The van der Waals surface area contributed by atoms with Crippen molar-refractivity contribution in [3.63, 3.8) is 0 Å². The lowest BCUT2D eigenvalue weighted by molar-refractivity contribution is 0.0995. The number of hydrogen-bond donors (Lipinski definition) is 1. The fourth-order valence-electron chi connectivity index (χ4n) is 3.47. The summed E-state index contributed by atoms with van der Waals surface area (Å²) in [4.78, 5) is 16.3. The van der Waals surface area contributed by atoms with Crippen molar-refractivity contribution in [2.75, 3.05) is 23.3 Å². The number of nitrogens with zero attached hydrogens (tertiary/aromatic N) is 1. The lowest BCUT2D eigenvalue weighted by Gasteiger charge is -2.19. The third-order valence-electron chi connectivity index (χ3n) is 5.02. The lowest BCUT2D eigenvalue weighted by Crippen LogP contribution is -2.18. The number of hydrogen-bond acceptors (Lipinski definition) is 4. The topological polar surface area (TPSA) is 45.5 Å². The second kappa shape index (κ2) is 8.57. The highest BCUT2D eigenvalue weighted by atomic mass is 32.2. The molecular formula is C23H24N2O2S. The quantitative estimate of drug-likeness (QED) is 0.544. The summed E-state index contributed by atoms with van der Waals surface area (Å²) in [5.41, 5.74) is 4.01. The molecule has 1 aromatic heterocycles. The number of nitrogens with one attached hydrogen (secondary N) is 1. The minimum atomic E-state index is -0.203. The van der Waals surface area contributed by atoms with Crippen LogP contribution >= 0.6 is 11.8 Å². The van der Waals surface area contributed by atoms with E-state index in [1.165, 1.54) is 23.4 Å². The highest BCUT2D eigenvalue weighted by Gasteiger charge is 2.18. The molecule has 2 aromatic carbocycles. The maximum atomic E-state index is 12.8. The average Bonchev–Trinajstić information content (AvgIpc) is 3.41. The Morgan fingerprint density at radius 1 is 1.11 bits per heavy atom. The first-order valence-corrected chi connectivity index (χ1v) is 10.6. The van der Waals surface area contributed by atoms with Crippen LogP contribution in [-0.2, 0) is 5.75 Å². The first-order valence-electron chi connectivity index (χ1n) is 9.62. The lowest BCUT2D eigenvalue weighted by atomic mass is 10.1. The van der Waals surface area contributed by atoms with Gasteiger partial charge >= 0.3 is 0 Å². The standard InChI is InChI=1S/C23H24N2O2S/c1-17-15-19(25-12-5-6-13-25)9-10-21(17)24-23(26)22-18(11-14-27-22)16-28-20-7-3-2-4-8-20/h2-4,7-11,14-15H,5-6,12-13,16H2,1H3,(H,24,26). The van der Waals surface area contributed by atoms with Crippen molar-refractivity contribution in [1.29, 1.82) is 0 Å². The molecule has 5 heteroatoms. The van der Waals surface area contributed by atoms with Gasteiger partial charge in [-0.05, 0) is 61.7 Å². The fourth-order valence-corrected chi connectivity index (χ4v) is 4.36. The summed E-state index contributed by atoms with van der Waals surface area (Å²) in [5.74, 6) is 0.869. The number of amides is 1. The van der Waals surface area contributed by atoms with Crippen LogP contribution in [0.1, 0.15) is 34.5 Å². The number of benzene rings is 2. The van der Waals surface area contributed by atoms with Crippen molar-refractivity contribution >= 4 is 29.0 Å². The van der Waals surface area contributed by atoms with Crippen molar-refractivity contribution in [3.05, 3.63) is 77.7 Å². The first kappa shape index (κ1) is 18.7. The molecule has 1 amide bonds. The molecule has 1 N–H and O–H groups in total. The van der Waals surface area contributed by atoms with Crippen LogP contribution in [0.5, 0.6) is 0 Å². The van der Waals surface area contributed by atoms with Gasteiger partial charge in [0.15, 0.2) is 5.76 Å². The van der Waals surface area contributed by atoms with Gasteiger partial charge in [-0.1, -0.05) is 18.2 Å². The van der Waals surface area contributed by atoms with Gasteiger partial charge in [0.1, 0.15) is 0 Å². The predicted octanol–water partition coefficient (Wildman–Crippen LogP) is 5.73. The van der Waals surface area contributed by atoms with E-state index in [2.05, 4.69) is 34.5 Å². The van der Waals surface area contributed by atoms with Gasteiger partial charge in [-0.25, -0.2) is 0 Å². The number of furan rings is 1. The monoisotopic (exact) mass is 392 g/mol. The molecule has 4 rings (SSSR count). The van der Waals surface area contributed by atoms with E-state index in [4.69, 9.17) is 4.42 Å². The molecule has 1 fully saturated rings. The van der Waals surface area contributed by atoms with E-state index in [0.717, 1.165) is 29.9 Å². The maximum absolute atomic E-state index is 12.8. The van der Waals surface area contributed by atoms with Crippen LogP contribution in [0.25, 0.3) is 0 Å². The molecule has 0 aliphatic carbocycles. The SMILES string of the molecule is Cc1cc(N2CCCC2)ccc1NC(=O)c1occc1CSc1ccccc1. The number of aryl methyl sites for hydroxylation is 1.